The Morgan fingerprint density at radius 3 is 2.71 bits per heavy atom. The Morgan fingerprint density at radius 1 is 1.33 bits per heavy atom. The summed E-state index contributed by atoms with van der Waals surface area (Å²) in [6.45, 7) is 5.49. The molecule has 2 aromatic rings. The predicted molar refractivity (Wildman–Crippen MR) is 91.9 cm³/mol. The molecule has 1 aromatic carbocycles. The Labute approximate surface area is 141 Å². The average Bonchev–Trinajstić information content (AvgIpc) is 3.37. The summed E-state index contributed by atoms with van der Waals surface area (Å²) in [5, 5.41) is 3.61. The van der Waals surface area contributed by atoms with Crippen LogP contribution >= 0.6 is 0 Å². The van der Waals surface area contributed by atoms with E-state index >= 15 is 0 Å². The fourth-order valence-electron chi connectivity index (χ4n) is 2.78. The van der Waals surface area contributed by atoms with Gasteiger partial charge >= 0.3 is 5.97 Å². The fraction of sp³-hybridized carbons (Fsp3) is 0.421. The van der Waals surface area contributed by atoms with Gasteiger partial charge in [-0.05, 0) is 44.7 Å². The lowest BCUT2D eigenvalue weighted by Crippen LogP contribution is -2.37. The number of carbonyl (C=O) groups is 2. The molecular weight excluding hydrogens is 304 g/mol. The van der Waals surface area contributed by atoms with Gasteiger partial charge in [0, 0.05) is 17.1 Å². The zero-order valence-corrected chi connectivity index (χ0v) is 14.3. The minimum Gasteiger partial charge on any atom is -0.449 e. The number of benzene rings is 1. The Bertz CT molecular complexity index is 797. The largest absolute Gasteiger partial charge is 0.449 e. The number of hydrogen-bond donors (Lipinski definition) is 1. The van der Waals surface area contributed by atoms with Crippen LogP contribution in [0.4, 0.5) is 0 Å². The first-order valence-corrected chi connectivity index (χ1v) is 8.40. The van der Waals surface area contributed by atoms with Gasteiger partial charge in [0.25, 0.3) is 5.91 Å². The summed E-state index contributed by atoms with van der Waals surface area (Å²) in [7, 11) is 0. The number of ether oxygens (including phenoxy) is 1. The number of esters is 1. The average molecular weight is 326 g/mol. The summed E-state index contributed by atoms with van der Waals surface area (Å²) in [4.78, 5) is 29.4. The van der Waals surface area contributed by atoms with E-state index in [1.54, 1.807) is 6.92 Å². The molecule has 1 N–H and O–H groups in total. The third-order valence-corrected chi connectivity index (χ3v) is 4.35. The lowest BCUT2D eigenvalue weighted by Gasteiger charge is -2.16. The van der Waals surface area contributed by atoms with E-state index in [2.05, 4.69) is 10.3 Å². The molecular formula is C19H22N2O3. The third-order valence-electron chi connectivity index (χ3n) is 4.35. The van der Waals surface area contributed by atoms with Gasteiger partial charge in [-0.15, -0.1) is 0 Å². The molecule has 5 heteroatoms. The fourth-order valence-corrected chi connectivity index (χ4v) is 2.78. The maximum absolute atomic E-state index is 12.7. The highest BCUT2D eigenvalue weighted by atomic mass is 16.5. The molecule has 5 nitrogen and oxygen atoms in total. The van der Waals surface area contributed by atoms with Crippen molar-refractivity contribution < 1.29 is 14.3 Å². The monoisotopic (exact) mass is 326 g/mol. The van der Waals surface area contributed by atoms with Crippen molar-refractivity contribution in [2.24, 2.45) is 0 Å². The molecule has 0 saturated heterocycles. The normalized spacial score (nSPS) is 15.1. The standard InChI is InChI=1S/C19H22N2O3/c1-4-15-11(2)17(14-7-5-6-8-16(14)21-15)19(23)24-12(3)18(22)20-13-9-10-13/h5-8,12-13H,4,9-10H2,1-3H3,(H,20,22)/t12-/m1/s1. The van der Waals surface area contributed by atoms with Crippen molar-refractivity contribution in [1.29, 1.82) is 0 Å². The summed E-state index contributed by atoms with van der Waals surface area (Å²) < 4.78 is 5.44. The van der Waals surface area contributed by atoms with Crippen LogP contribution in [0, 0.1) is 6.92 Å². The summed E-state index contributed by atoms with van der Waals surface area (Å²) in [6, 6.07) is 7.75. The minimum absolute atomic E-state index is 0.238. The first-order valence-electron chi connectivity index (χ1n) is 8.40. The van der Waals surface area contributed by atoms with Crippen molar-refractivity contribution in [3.63, 3.8) is 0 Å². The van der Waals surface area contributed by atoms with E-state index in [1.807, 2.05) is 38.1 Å². The maximum Gasteiger partial charge on any atom is 0.339 e. The van der Waals surface area contributed by atoms with E-state index in [1.165, 1.54) is 0 Å². The first-order chi connectivity index (χ1) is 11.5. The molecule has 0 bridgehead atoms. The van der Waals surface area contributed by atoms with Gasteiger partial charge in [-0.3, -0.25) is 9.78 Å². The number of amides is 1. The predicted octanol–water partition coefficient (Wildman–Crippen LogP) is 2.93. The molecule has 24 heavy (non-hydrogen) atoms. The van der Waals surface area contributed by atoms with Gasteiger partial charge in [-0.2, -0.15) is 0 Å². The van der Waals surface area contributed by atoms with Crippen molar-refractivity contribution in [2.45, 2.75) is 52.2 Å². The van der Waals surface area contributed by atoms with Crippen molar-refractivity contribution >= 4 is 22.8 Å². The van der Waals surface area contributed by atoms with Gasteiger partial charge in [0.05, 0.1) is 11.1 Å². The van der Waals surface area contributed by atoms with E-state index in [0.29, 0.717) is 5.56 Å². The number of hydrogen-bond acceptors (Lipinski definition) is 4. The van der Waals surface area contributed by atoms with Gasteiger partial charge in [0.15, 0.2) is 6.10 Å². The van der Waals surface area contributed by atoms with Crippen LogP contribution in [0.25, 0.3) is 10.9 Å². The number of aryl methyl sites for hydroxylation is 1. The van der Waals surface area contributed by atoms with Gasteiger partial charge in [0.1, 0.15) is 0 Å². The Hall–Kier alpha value is -2.43. The van der Waals surface area contributed by atoms with Crippen molar-refractivity contribution in [3.8, 4) is 0 Å². The van der Waals surface area contributed by atoms with Gasteiger partial charge in [0.2, 0.25) is 0 Å². The van der Waals surface area contributed by atoms with Gasteiger partial charge in [-0.25, -0.2) is 4.79 Å². The summed E-state index contributed by atoms with van der Waals surface area (Å²) in [6.07, 6.45) is 1.92. The molecule has 1 amide bonds. The highest BCUT2D eigenvalue weighted by Gasteiger charge is 2.28. The van der Waals surface area contributed by atoms with E-state index in [0.717, 1.165) is 41.4 Å². The molecule has 0 spiro atoms. The number of rotatable bonds is 5. The van der Waals surface area contributed by atoms with E-state index < -0.39 is 12.1 Å². The van der Waals surface area contributed by atoms with Crippen LogP contribution in [-0.4, -0.2) is 29.0 Å². The van der Waals surface area contributed by atoms with Crippen LogP contribution in [-0.2, 0) is 16.0 Å². The summed E-state index contributed by atoms with van der Waals surface area (Å²) >= 11 is 0. The second-order valence-electron chi connectivity index (χ2n) is 6.26. The lowest BCUT2D eigenvalue weighted by atomic mass is 10.0. The molecule has 1 atom stereocenters. The molecule has 0 aliphatic heterocycles. The van der Waals surface area contributed by atoms with Crippen LogP contribution in [0.3, 0.4) is 0 Å². The molecule has 0 unspecified atom stereocenters. The Balaban J connectivity index is 1.90. The summed E-state index contributed by atoms with van der Waals surface area (Å²) in [5.74, 6) is -0.711. The zero-order chi connectivity index (χ0) is 17.3. The smallest absolute Gasteiger partial charge is 0.339 e. The third kappa shape index (κ3) is 3.25. The number of carbonyl (C=O) groups excluding carboxylic acids is 2. The van der Waals surface area contributed by atoms with Crippen molar-refractivity contribution in [3.05, 3.63) is 41.1 Å². The van der Waals surface area contributed by atoms with Crippen molar-refractivity contribution in [2.75, 3.05) is 0 Å². The molecule has 1 saturated carbocycles. The quantitative estimate of drug-likeness (QED) is 0.858. The molecule has 126 valence electrons. The Morgan fingerprint density at radius 2 is 2.04 bits per heavy atom. The topological polar surface area (TPSA) is 68.3 Å². The molecule has 1 aliphatic rings. The zero-order valence-electron chi connectivity index (χ0n) is 14.3. The highest BCUT2D eigenvalue weighted by Crippen LogP contribution is 2.25. The van der Waals surface area contributed by atoms with E-state index in [4.69, 9.17) is 4.74 Å². The van der Waals surface area contributed by atoms with Crippen LogP contribution < -0.4 is 5.32 Å². The van der Waals surface area contributed by atoms with E-state index in [9.17, 15) is 9.59 Å². The van der Waals surface area contributed by atoms with Crippen LogP contribution in [0.2, 0.25) is 0 Å². The number of pyridine rings is 1. The number of nitrogens with one attached hydrogen (secondary N) is 1. The number of nitrogens with zero attached hydrogens (tertiary/aromatic N) is 1. The van der Waals surface area contributed by atoms with Gasteiger partial charge in [-0.1, -0.05) is 25.1 Å². The maximum atomic E-state index is 12.7. The Kier molecular flexibility index (Phi) is 4.51. The molecule has 3 rings (SSSR count). The number of para-hydroxylation sites is 1. The van der Waals surface area contributed by atoms with Crippen LogP contribution in [0.1, 0.15) is 48.3 Å². The second kappa shape index (κ2) is 6.59. The summed E-state index contributed by atoms with van der Waals surface area (Å²) in [5.41, 5.74) is 2.96. The second-order valence-corrected chi connectivity index (χ2v) is 6.26. The molecule has 1 fully saturated rings. The molecule has 1 heterocycles. The minimum atomic E-state index is -0.811. The van der Waals surface area contributed by atoms with Crippen LogP contribution in [0.5, 0.6) is 0 Å². The first kappa shape index (κ1) is 16.4. The van der Waals surface area contributed by atoms with Crippen molar-refractivity contribution in [1.82, 2.24) is 10.3 Å². The molecule has 1 aromatic heterocycles. The molecule has 1 aliphatic carbocycles. The highest BCUT2D eigenvalue weighted by molar-refractivity contribution is 6.05. The van der Waals surface area contributed by atoms with Gasteiger partial charge < -0.3 is 10.1 Å². The number of aromatic nitrogens is 1. The lowest BCUT2D eigenvalue weighted by molar-refractivity contribution is -0.129. The van der Waals surface area contributed by atoms with Crippen LogP contribution in [0.15, 0.2) is 24.3 Å². The number of fused-ring (bicyclic) bond motifs is 1. The molecule has 0 radical (unpaired) electrons. The SMILES string of the molecule is CCc1nc2ccccc2c(C(=O)O[C@H](C)C(=O)NC2CC2)c1C. The van der Waals surface area contributed by atoms with E-state index in [-0.39, 0.29) is 11.9 Å².